The Kier molecular flexibility index (Phi) is 8.26. The minimum atomic E-state index is -0.374. The molecule has 0 atom stereocenters. The Bertz CT molecular complexity index is 185. The zero-order valence-corrected chi connectivity index (χ0v) is 11.1. The summed E-state index contributed by atoms with van der Waals surface area (Å²) in [7, 11) is 0. The van der Waals surface area contributed by atoms with Gasteiger partial charge in [0.1, 0.15) is 0 Å². The van der Waals surface area contributed by atoms with Gasteiger partial charge in [-0.1, -0.05) is 25.7 Å². The molecule has 0 rings (SSSR count). The third-order valence-electron chi connectivity index (χ3n) is 2.44. The third kappa shape index (κ3) is 8.72. The summed E-state index contributed by atoms with van der Waals surface area (Å²) in [5.41, 5.74) is 5.03. The van der Waals surface area contributed by atoms with Gasteiger partial charge in [0.15, 0.2) is 0 Å². The van der Waals surface area contributed by atoms with E-state index in [4.69, 9.17) is 10.5 Å². The Morgan fingerprint density at radius 2 is 1.50 bits per heavy atom. The third-order valence-corrected chi connectivity index (χ3v) is 2.44. The molecule has 0 aromatic carbocycles. The number of carbonyl (C=O) groups is 1. The van der Waals surface area contributed by atoms with Crippen LogP contribution in [0.5, 0.6) is 0 Å². The van der Waals surface area contributed by atoms with Crippen molar-refractivity contribution in [3.05, 3.63) is 0 Å². The van der Waals surface area contributed by atoms with Gasteiger partial charge in [-0.15, -0.1) is 0 Å². The number of hydrogen-bond donors (Lipinski definition) is 1. The van der Waals surface area contributed by atoms with Crippen LogP contribution in [-0.4, -0.2) is 19.1 Å². The summed E-state index contributed by atoms with van der Waals surface area (Å²) in [6, 6.07) is 0. The van der Waals surface area contributed by atoms with E-state index < -0.39 is 0 Å². The van der Waals surface area contributed by atoms with Crippen LogP contribution < -0.4 is 5.73 Å². The van der Waals surface area contributed by atoms with Crippen molar-refractivity contribution in [3.8, 4) is 0 Å². The molecule has 0 fully saturated rings. The SMILES string of the molecule is CC(C)(C)C(=O)OCCCCCCCCN. The standard InChI is InChI=1S/C13H27NO2/c1-13(2,3)12(15)16-11-9-7-5-4-6-8-10-14/h4-11,14H2,1-3H3. The van der Waals surface area contributed by atoms with Crippen molar-refractivity contribution in [2.75, 3.05) is 13.2 Å². The molecule has 0 unspecified atom stereocenters. The summed E-state index contributed by atoms with van der Waals surface area (Å²) < 4.78 is 5.18. The van der Waals surface area contributed by atoms with E-state index in [0.717, 1.165) is 25.8 Å². The van der Waals surface area contributed by atoms with Gasteiger partial charge in [0, 0.05) is 0 Å². The average Bonchev–Trinajstić information content (AvgIpc) is 2.20. The molecule has 0 aliphatic rings. The minimum Gasteiger partial charge on any atom is -0.465 e. The highest BCUT2D eigenvalue weighted by atomic mass is 16.5. The fourth-order valence-electron chi connectivity index (χ4n) is 1.33. The molecule has 0 spiro atoms. The summed E-state index contributed by atoms with van der Waals surface area (Å²) in [5.74, 6) is -0.101. The molecule has 3 nitrogen and oxygen atoms in total. The number of carbonyl (C=O) groups excluding carboxylic acids is 1. The zero-order chi connectivity index (χ0) is 12.4. The van der Waals surface area contributed by atoms with Crippen LogP contribution in [0.3, 0.4) is 0 Å². The van der Waals surface area contributed by atoms with E-state index >= 15 is 0 Å². The van der Waals surface area contributed by atoms with Crippen LogP contribution in [0, 0.1) is 5.41 Å². The molecule has 0 saturated heterocycles. The second-order valence-corrected chi connectivity index (χ2v) is 5.30. The molecule has 16 heavy (non-hydrogen) atoms. The maximum absolute atomic E-state index is 11.4. The summed E-state index contributed by atoms with van der Waals surface area (Å²) in [6.07, 6.45) is 6.92. The van der Waals surface area contributed by atoms with Crippen LogP contribution in [0.15, 0.2) is 0 Å². The first kappa shape index (κ1) is 15.4. The predicted octanol–water partition coefficient (Wildman–Crippen LogP) is 2.88. The van der Waals surface area contributed by atoms with Crippen LogP contribution in [0.4, 0.5) is 0 Å². The predicted molar refractivity (Wildman–Crippen MR) is 67.2 cm³/mol. The summed E-state index contributed by atoms with van der Waals surface area (Å²) >= 11 is 0. The van der Waals surface area contributed by atoms with Gasteiger partial charge in [0.2, 0.25) is 0 Å². The Hall–Kier alpha value is -0.570. The summed E-state index contributed by atoms with van der Waals surface area (Å²) in [4.78, 5) is 11.4. The number of nitrogens with two attached hydrogens (primary N) is 1. The van der Waals surface area contributed by atoms with Crippen molar-refractivity contribution >= 4 is 5.97 Å². The van der Waals surface area contributed by atoms with E-state index in [9.17, 15) is 4.79 Å². The number of rotatable bonds is 8. The molecular formula is C13H27NO2. The Morgan fingerprint density at radius 1 is 1.00 bits per heavy atom. The van der Waals surface area contributed by atoms with Crippen LogP contribution >= 0.6 is 0 Å². The minimum absolute atomic E-state index is 0.101. The molecule has 0 bridgehead atoms. The largest absolute Gasteiger partial charge is 0.465 e. The van der Waals surface area contributed by atoms with E-state index in [0.29, 0.717) is 6.61 Å². The Labute approximate surface area is 99.7 Å². The highest BCUT2D eigenvalue weighted by molar-refractivity contribution is 5.75. The Morgan fingerprint density at radius 3 is 2.00 bits per heavy atom. The van der Waals surface area contributed by atoms with Gasteiger partial charge in [0.05, 0.1) is 12.0 Å². The van der Waals surface area contributed by atoms with Gasteiger partial charge < -0.3 is 10.5 Å². The molecule has 0 aliphatic carbocycles. The van der Waals surface area contributed by atoms with E-state index in [1.54, 1.807) is 0 Å². The number of hydrogen-bond acceptors (Lipinski definition) is 3. The van der Waals surface area contributed by atoms with Gasteiger partial charge in [-0.3, -0.25) is 4.79 Å². The molecule has 0 aliphatic heterocycles. The second-order valence-electron chi connectivity index (χ2n) is 5.30. The lowest BCUT2D eigenvalue weighted by Crippen LogP contribution is -2.23. The fourth-order valence-corrected chi connectivity index (χ4v) is 1.33. The van der Waals surface area contributed by atoms with E-state index in [1.807, 2.05) is 20.8 Å². The van der Waals surface area contributed by atoms with E-state index in [2.05, 4.69) is 0 Å². The molecule has 96 valence electrons. The van der Waals surface area contributed by atoms with Gasteiger partial charge >= 0.3 is 5.97 Å². The first-order valence-corrected chi connectivity index (χ1v) is 6.36. The highest BCUT2D eigenvalue weighted by Gasteiger charge is 2.22. The topological polar surface area (TPSA) is 52.3 Å². The lowest BCUT2D eigenvalue weighted by molar-refractivity contribution is -0.153. The van der Waals surface area contributed by atoms with Crippen LogP contribution in [0.25, 0.3) is 0 Å². The first-order chi connectivity index (χ1) is 7.48. The normalized spacial score (nSPS) is 11.5. The van der Waals surface area contributed by atoms with Crippen molar-refractivity contribution in [1.29, 1.82) is 0 Å². The Balaban J connectivity index is 3.25. The summed E-state index contributed by atoms with van der Waals surface area (Å²) in [5, 5.41) is 0. The lowest BCUT2D eigenvalue weighted by Gasteiger charge is -2.16. The lowest BCUT2D eigenvalue weighted by atomic mass is 9.97. The molecule has 3 heteroatoms. The van der Waals surface area contributed by atoms with Crippen LogP contribution in [-0.2, 0) is 9.53 Å². The number of ether oxygens (including phenoxy) is 1. The van der Waals surface area contributed by atoms with Crippen LogP contribution in [0.2, 0.25) is 0 Å². The fraction of sp³-hybridized carbons (Fsp3) is 0.923. The molecule has 0 amide bonds. The average molecular weight is 229 g/mol. The smallest absolute Gasteiger partial charge is 0.311 e. The van der Waals surface area contributed by atoms with E-state index in [1.165, 1.54) is 19.3 Å². The van der Waals surface area contributed by atoms with E-state index in [-0.39, 0.29) is 11.4 Å². The highest BCUT2D eigenvalue weighted by Crippen LogP contribution is 2.15. The van der Waals surface area contributed by atoms with Crippen LogP contribution in [0.1, 0.15) is 59.3 Å². The zero-order valence-electron chi connectivity index (χ0n) is 11.1. The van der Waals surface area contributed by atoms with Crippen molar-refractivity contribution in [2.24, 2.45) is 11.1 Å². The van der Waals surface area contributed by atoms with Crippen molar-refractivity contribution in [1.82, 2.24) is 0 Å². The molecule has 0 saturated carbocycles. The monoisotopic (exact) mass is 229 g/mol. The quantitative estimate of drug-likeness (QED) is 0.514. The van der Waals surface area contributed by atoms with Crippen molar-refractivity contribution in [3.63, 3.8) is 0 Å². The molecular weight excluding hydrogens is 202 g/mol. The van der Waals surface area contributed by atoms with Gasteiger partial charge in [-0.05, 0) is 40.2 Å². The summed E-state index contributed by atoms with van der Waals surface area (Å²) in [6.45, 7) is 6.99. The molecule has 0 radical (unpaired) electrons. The molecule has 0 aromatic rings. The van der Waals surface area contributed by atoms with Crippen molar-refractivity contribution < 1.29 is 9.53 Å². The molecule has 0 heterocycles. The van der Waals surface area contributed by atoms with Gasteiger partial charge in [-0.2, -0.15) is 0 Å². The van der Waals surface area contributed by atoms with Crippen molar-refractivity contribution in [2.45, 2.75) is 59.3 Å². The maximum Gasteiger partial charge on any atom is 0.311 e. The van der Waals surface area contributed by atoms with Gasteiger partial charge in [0.25, 0.3) is 0 Å². The molecule has 0 aromatic heterocycles. The molecule has 2 N–H and O–H groups in total. The number of unbranched alkanes of at least 4 members (excludes halogenated alkanes) is 5. The van der Waals surface area contributed by atoms with Gasteiger partial charge in [-0.25, -0.2) is 0 Å². The maximum atomic E-state index is 11.4. The number of esters is 1. The first-order valence-electron chi connectivity index (χ1n) is 6.36. The second kappa shape index (κ2) is 8.57.